The van der Waals surface area contributed by atoms with Crippen molar-refractivity contribution in [3.63, 3.8) is 0 Å². The normalized spacial score (nSPS) is 10.6. The zero-order valence-corrected chi connectivity index (χ0v) is 13.5. The Kier molecular flexibility index (Phi) is 4.48. The van der Waals surface area contributed by atoms with E-state index in [0.717, 1.165) is 5.69 Å². The van der Waals surface area contributed by atoms with Crippen molar-refractivity contribution in [3.8, 4) is 11.3 Å². The minimum atomic E-state index is -0.366. The highest BCUT2D eigenvalue weighted by atomic mass is 32.1. The van der Waals surface area contributed by atoms with Crippen molar-refractivity contribution >= 4 is 22.4 Å². The summed E-state index contributed by atoms with van der Waals surface area (Å²) in [7, 11) is 0. The predicted molar refractivity (Wildman–Crippen MR) is 89.4 cm³/mol. The monoisotopic (exact) mass is 344 g/mol. The Hall–Kier alpha value is -2.87. The molecule has 8 heteroatoms. The van der Waals surface area contributed by atoms with Crippen LogP contribution in [0.3, 0.4) is 0 Å². The van der Waals surface area contributed by atoms with Crippen LogP contribution in [0.1, 0.15) is 5.69 Å². The van der Waals surface area contributed by atoms with Crippen molar-refractivity contribution in [2.45, 2.75) is 13.5 Å². The number of hydrogen-bond acceptors (Lipinski definition) is 5. The van der Waals surface area contributed by atoms with Gasteiger partial charge in [0.2, 0.25) is 5.91 Å². The predicted octanol–water partition coefficient (Wildman–Crippen LogP) is 2.45. The number of carbonyl (C=O) groups is 1. The summed E-state index contributed by atoms with van der Waals surface area (Å²) in [6, 6.07) is 6.99. The Bertz CT molecular complexity index is 934. The van der Waals surface area contributed by atoms with Crippen LogP contribution in [0.4, 0.5) is 9.52 Å². The van der Waals surface area contributed by atoms with Crippen LogP contribution in [0.2, 0.25) is 0 Å². The maximum atomic E-state index is 12.9. The number of nitrogens with one attached hydrogen (secondary N) is 1. The molecule has 24 heavy (non-hydrogen) atoms. The molecule has 0 fully saturated rings. The van der Waals surface area contributed by atoms with E-state index in [4.69, 9.17) is 0 Å². The van der Waals surface area contributed by atoms with E-state index in [2.05, 4.69) is 15.3 Å². The van der Waals surface area contributed by atoms with Crippen LogP contribution in [0.25, 0.3) is 11.3 Å². The molecule has 3 rings (SSSR count). The van der Waals surface area contributed by atoms with Gasteiger partial charge in [0.1, 0.15) is 12.4 Å². The van der Waals surface area contributed by atoms with Crippen molar-refractivity contribution < 1.29 is 9.18 Å². The molecule has 2 heterocycles. The van der Waals surface area contributed by atoms with Gasteiger partial charge in [-0.2, -0.15) is 0 Å². The maximum Gasteiger partial charge on any atom is 0.254 e. The van der Waals surface area contributed by atoms with Gasteiger partial charge in [-0.3, -0.25) is 14.2 Å². The SMILES string of the molecule is Cc1csc(NC(=O)Cn2cnc(-c3ccc(F)cc3)cc2=O)n1. The summed E-state index contributed by atoms with van der Waals surface area (Å²) in [5.74, 6) is -0.719. The third kappa shape index (κ3) is 3.72. The summed E-state index contributed by atoms with van der Waals surface area (Å²) < 4.78 is 14.1. The summed E-state index contributed by atoms with van der Waals surface area (Å²) in [5.41, 5.74) is 1.50. The van der Waals surface area contributed by atoms with Gasteiger partial charge < -0.3 is 5.32 Å². The van der Waals surface area contributed by atoms with Gasteiger partial charge in [-0.15, -0.1) is 11.3 Å². The smallest absolute Gasteiger partial charge is 0.254 e. The molecule has 0 aliphatic rings. The number of benzene rings is 1. The van der Waals surface area contributed by atoms with E-state index in [9.17, 15) is 14.0 Å². The van der Waals surface area contributed by atoms with Crippen molar-refractivity contribution in [3.05, 3.63) is 63.9 Å². The molecule has 0 aliphatic carbocycles. The summed E-state index contributed by atoms with van der Waals surface area (Å²) >= 11 is 1.32. The molecular formula is C16H13FN4O2S. The molecule has 3 aromatic rings. The van der Waals surface area contributed by atoms with Gasteiger partial charge in [0.25, 0.3) is 5.56 Å². The molecule has 0 unspecified atom stereocenters. The Morgan fingerprint density at radius 3 is 2.71 bits per heavy atom. The Morgan fingerprint density at radius 1 is 1.33 bits per heavy atom. The fourth-order valence-corrected chi connectivity index (χ4v) is 2.75. The van der Waals surface area contributed by atoms with E-state index in [1.165, 1.54) is 40.4 Å². The molecule has 122 valence electrons. The lowest BCUT2D eigenvalue weighted by atomic mass is 10.1. The highest BCUT2D eigenvalue weighted by Gasteiger charge is 2.09. The highest BCUT2D eigenvalue weighted by Crippen LogP contribution is 2.16. The molecule has 0 aliphatic heterocycles. The van der Waals surface area contributed by atoms with Crippen molar-refractivity contribution in [2.24, 2.45) is 0 Å². The van der Waals surface area contributed by atoms with Crippen LogP contribution in [-0.4, -0.2) is 20.4 Å². The fourth-order valence-electron chi connectivity index (χ4n) is 2.05. The van der Waals surface area contributed by atoms with Crippen LogP contribution in [0, 0.1) is 12.7 Å². The first-order valence-electron chi connectivity index (χ1n) is 7.06. The van der Waals surface area contributed by atoms with Crippen molar-refractivity contribution in [1.82, 2.24) is 14.5 Å². The molecule has 0 radical (unpaired) electrons. The largest absolute Gasteiger partial charge is 0.300 e. The summed E-state index contributed by atoms with van der Waals surface area (Å²) in [4.78, 5) is 32.4. The number of hydrogen-bond donors (Lipinski definition) is 1. The second-order valence-corrected chi connectivity index (χ2v) is 5.95. The van der Waals surface area contributed by atoms with Crippen molar-refractivity contribution in [1.29, 1.82) is 0 Å². The topological polar surface area (TPSA) is 76.9 Å². The van der Waals surface area contributed by atoms with E-state index >= 15 is 0 Å². The number of rotatable bonds is 4. The number of aryl methyl sites for hydroxylation is 1. The molecule has 0 saturated carbocycles. The van der Waals surface area contributed by atoms with Gasteiger partial charge in [-0.25, -0.2) is 14.4 Å². The average molecular weight is 344 g/mol. The van der Waals surface area contributed by atoms with E-state index < -0.39 is 0 Å². The van der Waals surface area contributed by atoms with Crippen LogP contribution in [-0.2, 0) is 11.3 Å². The number of thiazole rings is 1. The first-order valence-corrected chi connectivity index (χ1v) is 7.93. The quantitative estimate of drug-likeness (QED) is 0.789. The first kappa shape index (κ1) is 16.0. The summed E-state index contributed by atoms with van der Waals surface area (Å²) in [6.45, 7) is 1.67. The van der Waals surface area contributed by atoms with Gasteiger partial charge in [-0.1, -0.05) is 0 Å². The van der Waals surface area contributed by atoms with Gasteiger partial charge in [0.15, 0.2) is 5.13 Å². The number of anilines is 1. The van der Waals surface area contributed by atoms with E-state index in [1.54, 1.807) is 12.1 Å². The average Bonchev–Trinajstić information content (AvgIpc) is 2.95. The molecule has 2 aromatic heterocycles. The highest BCUT2D eigenvalue weighted by molar-refractivity contribution is 7.13. The van der Waals surface area contributed by atoms with Crippen LogP contribution in [0.5, 0.6) is 0 Å². The lowest BCUT2D eigenvalue weighted by Gasteiger charge is -2.06. The maximum absolute atomic E-state index is 12.9. The van der Waals surface area contributed by atoms with E-state index in [0.29, 0.717) is 16.4 Å². The van der Waals surface area contributed by atoms with Gasteiger partial charge in [0, 0.05) is 17.0 Å². The van der Waals surface area contributed by atoms with Gasteiger partial charge >= 0.3 is 0 Å². The number of aromatic nitrogens is 3. The number of amides is 1. The third-order valence-electron chi connectivity index (χ3n) is 3.20. The van der Waals surface area contributed by atoms with Gasteiger partial charge in [-0.05, 0) is 31.2 Å². The first-order chi connectivity index (χ1) is 11.5. The molecule has 0 spiro atoms. The standard InChI is InChI=1S/C16H13FN4O2S/c1-10-8-24-16(19-10)20-14(22)7-21-9-18-13(6-15(21)23)11-2-4-12(17)5-3-11/h2-6,8-9H,7H2,1H3,(H,19,20,22). The number of carbonyl (C=O) groups excluding carboxylic acids is 1. The lowest BCUT2D eigenvalue weighted by Crippen LogP contribution is -2.27. The molecular weight excluding hydrogens is 331 g/mol. The molecule has 0 bridgehead atoms. The Labute approximate surface area is 140 Å². The lowest BCUT2D eigenvalue weighted by molar-refractivity contribution is -0.116. The minimum absolute atomic E-state index is 0.159. The Morgan fingerprint density at radius 2 is 2.08 bits per heavy atom. The van der Waals surface area contributed by atoms with Gasteiger partial charge in [0.05, 0.1) is 17.7 Å². The van der Waals surface area contributed by atoms with Crippen LogP contribution in [0.15, 0.2) is 46.8 Å². The van der Waals surface area contributed by atoms with Crippen molar-refractivity contribution in [2.75, 3.05) is 5.32 Å². The molecule has 1 amide bonds. The molecule has 6 nitrogen and oxygen atoms in total. The minimum Gasteiger partial charge on any atom is -0.300 e. The molecule has 1 aromatic carbocycles. The number of halogens is 1. The molecule has 1 N–H and O–H groups in total. The van der Waals surface area contributed by atoms with E-state index in [-0.39, 0.29) is 23.8 Å². The second-order valence-electron chi connectivity index (χ2n) is 5.09. The molecule has 0 saturated heterocycles. The summed E-state index contributed by atoms with van der Waals surface area (Å²) in [6.07, 6.45) is 1.30. The zero-order chi connectivity index (χ0) is 17.1. The fraction of sp³-hybridized carbons (Fsp3) is 0.125. The van der Waals surface area contributed by atoms with Crippen LogP contribution < -0.4 is 10.9 Å². The third-order valence-corrected chi connectivity index (χ3v) is 4.07. The second kappa shape index (κ2) is 6.71. The van der Waals surface area contributed by atoms with Crippen LogP contribution >= 0.6 is 11.3 Å². The van der Waals surface area contributed by atoms with E-state index in [1.807, 2.05) is 12.3 Å². The summed E-state index contributed by atoms with van der Waals surface area (Å²) in [5, 5.41) is 4.94. The molecule has 0 atom stereocenters. The number of nitrogens with zero attached hydrogens (tertiary/aromatic N) is 3. The zero-order valence-electron chi connectivity index (χ0n) is 12.7. The Balaban J connectivity index is 1.74.